The Morgan fingerprint density at radius 2 is 1.55 bits per heavy atom. The molecular weight excluding hydrogens is 435 g/mol. The van der Waals surface area contributed by atoms with E-state index in [1.165, 1.54) is 30.3 Å². The third-order valence-corrected chi connectivity index (χ3v) is 4.99. The van der Waals surface area contributed by atoms with Crippen molar-refractivity contribution >= 4 is 51.7 Å². The van der Waals surface area contributed by atoms with Crippen molar-refractivity contribution in [3.63, 3.8) is 0 Å². The minimum atomic E-state index is -0.659. The van der Waals surface area contributed by atoms with Gasteiger partial charge in [0.05, 0.1) is 16.0 Å². The predicted octanol–water partition coefficient (Wildman–Crippen LogP) is 6.64. The molecule has 0 N–H and O–H groups in total. The Morgan fingerprint density at radius 3 is 2.28 bits per heavy atom. The largest absolute Gasteiger partial charge is 0.456 e. The lowest BCUT2D eigenvalue weighted by Gasteiger charge is -2.08. The first-order chi connectivity index (χ1) is 13.9. The van der Waals surface area contributed by atoms with Gasteiger partial charge in [-0.05, 0) is 60.7 Å². The van der Waals surface area contributed by atoms with Gasteiger partial charge in [-0.1, -0.05) is 34.8 Å². The van der Waals surface area contributed by atoms with Crippen LogP contribution in [0.15, 0.2) is 75.9 Å². The molecule has 1 heterocycles. The Hall–Kier alpha value is -2.79. The maximum Gasteiger partial charge on any atom is 0.345 e. The number of carbonyl (C=O) groups is 1. The van der Waals surface area contributed by atoms with Gasteiger partial charge in [0.15, 0.2) is 5.43 Å². The minimum absolute atomic E-state index is 0.168. The van der Waals surface area contributed by atoms with Gasteiger partial charge in [0.1, 0.15) is 17.1 Å². The molecule has 0 aliphatic rings. The number of hydrogen-bond acceptors (Lipinski definition) is 4. The first-order valence-corrected chi connectivity index (χ1v) is 9.55. The van der Waals surface area contributed by atoms with Crippen molar-refractivity contribution in [3.8, 4) is 17.1 Å². The Bertz CT molecular complexity index is 1290. The van der Waals surface area contributed by atoms with Crippen LogP contribution in [0, 0.1) is 0 Å². The molecule has 4 rings (SSSR count). The third kappa shape index (κ3) is 4.15. The van der Waals surface area contributed by atoms with Crippen LogP contribution in [0.5, 0.6) is 5.75 Å². The lowest BCUT2D eigenvalue weighted by atomic mass is 10.1. The highest BCUT2D eigenvalue weighted by Crippen LogP contribution is 2.27. The number of ether oxygens (including phenoxy) is 1. The van der Waals surface area contributed by atoms with E-state index in [1.54, 1.807) is 36.4 Å². The highest BCUT2D eigenvalue weighted by Gasteiger charge is 2.15. The van der Waals surface area contributed by atoms with Crippen molar-refractivity contribution < 1.29 is 13.9 Å². The molecule has 144 valence electrons. The lowest BCUT2D eigenvalue weighted by Crippen LogP contribution is -2.09. The zero-order valence-electron chi connectivity index (χ0n) is 14.6. The Balaban J connectivity index is 1.66. The van der Waals surface area contributed by atoms with Gasteiger partial charge in [-0.15, -0.1) is 0 Å². The maximum absolute atomic E-state index is 12.6. The molecule has 0 aliphatic carbocycles. The molecule has 0 radical (unpaired) electrons. The van der Waals surface area contributed by atoms with Gasteiger partial charge in [-0.25, -0.2) is 4.79 Å². The maximum atomic E-state index is 12.6. The van der Waals surface area contributed by atoms with E-state index in [2.05, 4.69) is 0 Å². The van der Waals surface area contributed by atoms with Crippen molar-refractivity contribution in [1.29, 1.82) is 0 Å². The normalized spacial score (nSPS) is 10.9. The molecule has 0 unspecified atom stereocenters. The Morgan fingerprint density at radius 1 is 0.828 bits per heavy atom. The van der Waals surface area contributed by atoms with Crippen LogP contribution >= 0.6 is 34.8 Å². The quantitative estimate of drug-likeness (QED) is 0.262. The molecule has 0 spiro atoms. The summed E-state index contributed by atoms with van der Waals surface area (Å²) in [5.74, 6) is -0.0508. The molecule has 0 bridgehead atoms. The van der Waals surface area contributed by atoms with Gasteiger partial charge < -0.3 is 9.15 Å². The number of hydrogen-bond donors (Lipinski definition) is 0. The van der Waals surface area contributed by atoms with Crippen molar-refractivity contribution in [1.82, 2.24) is 0 Å². The highest BCUT2D eigenvalue weighted by atomic mass is 35.5. The molecule has 0 aliphatic heterocycles. The van der Waals surface area contributed by atoms with E-state index >= 15 is 0 Å². The van der Waals surface area contributed by atoms with Gasteiger partial charge in [0.25, 0.3) is 0 Å². The van der Waals surface area contributed by atoms with Crippen LogP contribution in [0.25, 0.3) is 22.3 Å². The Kier molecular flexibility index (Phi) is 5.33. The topological polar surface area (TPSA) is 56.5 Å². The highest BCUT2D eigenvalue weighted by molar-refractivity contribution is 6.36. The molecule has 0 amide bonds. The molecule has 0 fully saturated rings. The van der Waals surface area contributed by atoms with E-state index in [-0.39, 0.29) is 27.2 Å². The number of rotatable bonds is 3. The summed E-state index contributed by atoms with van der Waals surface area (Å²) >= 11 is 17.8. The van der Waals surface area contributed by atoms with Crippen LogP contribution in [-0.2, 0) is 0 Å². The fraction of sp³-hybridized carbons (Fsp3) is 0. The molecule has 3 aromatic carbocycles. The summed E-state index contributed by atoms with van der Waals surface area (Å²) in [6.07, 6.45) is 0. The first kappa shape index (κ1) is 19.5. The van der Waals surface area contributed by atoms with Crippen molar-refractivity contribution in [2.45, 2.75) is 0 Å². The van der Waals surface area contributed by atoms with Gasteiger partial charge in [-0.2, -0.15) is 0 Å². The molecule has 1 aromatic heterocycles. The summed E-state index contributed by atoms with van der Waals surface area (Å²) in [6.45, 7) is 0. The van der Waals surface area contributed by atoms with Crippen molar-refractivity contribution in [3.05, 3.63) is 97.6 Å². The van der Waals surface area contributed by atoms with Crippen molar-refractivity contribution in [2.24, 2.45) is 0 Å². The van der Waals surface area contributed by atoms with E-state index in [1.807, 2.05) is 0 Å². The van der Waals surface area contributed by atoms with Crippen LogP contribution in [0.4, 0.5) is 0 Å². The summed E-state index contributed by atoms with van der Waals surface area (Å²) in [5, 5.41) is 1.46. The van der Waals surface area contributed by atoms with E-state index in [4.69, 9.17) is 44.0 Å². The molecule has 0 saturated heterocycles. The lowest BCUT2D eigenvalue weighted by molar-refractivity contribution is 0.0735. The van der Waals surface area contributed by atoms with Gasteiger partial charge >= 0.3 is 5.97 Å². The molecule has 4 aromatic rings. The third-order valence-electron chi connectivity index (χ3n) is 4.19. The molecule has 0 atom stereocenters. The number of benzene rings is 3. The summed E-state index contributed by atoms with van der Waals surface area (Å²) in [5.41, 5.74) is 0.993. The number of esters is 1. The first-order valence-electron chi connectivity index (χ1n) is 8.42. The van der Waals surface area contributed by atoms with Crippen molar-refractivity contribution in [2.75, 3.05) is 0 Å². The smallest absolute Gasteiger partial charge is 0.345 e. The van der Waals surface area contributed by atoms with E-state index in [0.717, 1.165) is 5.56 Å². The number of carbonyl (C=O) groups excluding carboxylic acids is 1. The molecular formula is C22H11Cl3O4. The second-order valence-corrected chi connectivity index (χ2v) is 7.43. The van der Waals surface area contributed by atoms with E-state index in [0.29, 0.717) is 21.4 Å². The summed E-state index contributed by atoms with van der Waals surface area (Å²) in [6, 6.07) is 17.4. The van der Waals surface area contributed by atoms with Crippen LogP contribution in [-0.4, -0.2) is 5.97 Å². The second kappa shape index (κ2) is 7.91. The van der Waals surface area contributed by atoms with E-state index in [9.17, 15) is 9.59 Å². The SMILES string of the molecule is O=C(Oc1ccc2oc(-c3ccc(Cl)cc3)cc(=O)c2c1)c1ccc(Cl)cc1Cl. The second-order valence-electron chi connectivity index (χ2n) is 6.15. The van der Waals surface area contributed by atoms with Crippen LogP contribution < -0.4 is 10.2 Å². The zero-order chi connectivity index (χ0) is 20.5. The minimum Gasteiger partial charge on any atom is -0.456 e. The van der Waals surface area contributed by atoms with Gasteiger partial charge in [0.2, 0.25) is 0 Å². The predicted molar refractivity (Wildman–Crippen MR) is 114 cm³/mol. The molecule has 0 saturated carbocycles. The summed E-state index contributed by atoms with van der Waals surface area (Å²) < 4.78 is 11.2. The summed E-state index contributed by atoms with van der Waals surface area (Å²) in [4.78, 5) is 24.9. The van der Waals surface area contributed by atoms with Crippen LogP contribution in [0.2, 0.25) is 15.1 Å². The van der Waals surface area contributed by atoms with E-state index < -0.39 is 5.97 Å². The average Bonchev–Trinajstić information content (AvgIpc) is 2.68. The molecule has 29 heavy (non-hydrogen) atoms. The van der Waals surface area contributed by atoms with Crippen LogP contribution in [0.3, 0.4) is 0 Å². The fourth-order valence-corrected chi connectivity index (χ4v) is 3.38. The number of fused-ring (bicyclic) bond motifs is 1. The zero-order valence-corrected chi connectivity index (χ0v) is 16.9. The molecule has 4 nitrogen and oxygen atoms in total. The standard InChI is InChI=1S/C22H11Cl3O4/c23-13-3-1-12(2-4-13)21-11-19(26)17-10-15(6-8-20(17)29-21)28-22(27)16-7-5-14(24)9-18(16)25/h1-11H. The average molecular weight is 446 g/mol. The number of halogens is 3. The Labute approximate surface area is 180 Å². The van der Waals surface area contributed by atoms with Gasteiger partial charge in [-0.3, -0.25) is 4.79 Å². The summed E-state index contributed by atoms with van der Waals surface area (Å²) in [7, 11) is 0. The van der Waals surface area contributed by atoms with Crippen LogP contribution in [0.1, 0.15) is 10.4 Å². The van der Waals surface area contributed by atoms with Gasteiger partial charge in [0, 0.05) is 21.7 Å². The monoisotopic (exact) mass is 444 g/mol. The fourth-order valence-electron chi connectivity index (χ4n) is 2.77. The molecule has 7 heteroatoms.